The van der Waals surface area contributed by atoms with Gasteiger partial charge in [0.25, 0.3) is 5.91 Å². The lowest BCUT2D eigenvalue weighted by atomic mass is 9.80. The number of unbranched alkanes of at least 4 members (excludes halogenated alkanes) is 1. The van der Waals surface area contributed by atoms with E-state index in [1.807, 2.05) is 6.92 Å². The summed E-state index contributed by atoms with van der Waals surface area (Å²) in [5.41, 5.74) is 3.44. The van der Waals surface area contributed by atoms with Crippen molar-refractivity contribution in [2.45, 2.75) is 83.1 Å². The van der Waals surface area contributed by atoms with E-state index in [0.717, 1.165) is 30.6 Å². The maximum atomic E-state index is 13.2. The van der Waals surface area contributed by atoms with Crippen LogP contribution in [0.1, 0.15) is 65.5 Å². The zero-order chi connectivity index (χ0) is 27.2. The molecule has 0 spiro atoms. The van der Waals surface area contributed by atoms with E-state index in [1.165, 1.54) is 5.38 Å². The number of β-lactam (4-membered cyclic amide) rings is 1. The Morgan fingerprint density at radius 3 is 2.62 bits per heavy atom. The van der Waals surface area contributed by atoms with Crippen LogP contribution in [0.15, 0.2) is 10.5 Å². The molecule has 1 aromatic rings. The average molecular weight is 539 g/mol. The van der Waals surface area contributed by atoms with E-state index in [0.29, 0.717) is 12.8 Å². The van der Waals surface area contributed by atoms with Crippen molar-refractivity contribution in [3.63, 3.8) is 0 Å². The number of anilines is 1. The third kappa shape index (κ3) is 7.16. The smallest absolute Gasteiger partial charge is 0.413 e. The zero-order valence-electron chi connectivity index (χ0n) is 21.4. The van der Waals surface area contributed by atoms with Crippen LogP contribution in [0.25, 0.3) is 0 Å². The van der Waals surface area contributed by atoms with Crippen molar-refractivity contribution in [2.75, 3.05) is 18.5 Å². The number of carbonyl (C=O) groups is 4. The van der Waals surface area contributed by atoms with Crippen LogP contribution < -0.4 is 21.7 Å². The third-order valence-corrected chi connectivity index (χ3v) is 6.46. The molecule has 5 N–H and O–H groups in total. The molecule has 1 aromatic heterocycles. The molecule has 2 atom stereocenters. The Bertz CT molecular complexity index is 1050. The maximum Gasteiger partial charge on any atom is 0.413 e. The fourth-order valence-corrected chi connectivity index (χ4v) is 4.13. The van der Waals surface area contributed by atoms with Gasteiger partial charge in [-0.15, -0.1) is 11.3 Å². The van der Waals surface area contributed by atoms with E-state index in [1.54, 1.807) is 20.8 Å². The lowest BCUT2D eigenvalue weighted by Gasteiger charge is -2.37. The molecule has 1 saturated carbocycles. The summed E-state index contributed by atoms with van der Waals surface area (Å²) in [7, 11) is 0. The van der Waals surface area contributed by atoms with E-state index in [2.05, 4.69) is 26.1 Å². The zero-order valence-corrected chi connectivity index (χ0v) is 22.2. The number of hydrogen-bond acceptors (Lipinski definition) is 11. The quantitative estimate of drug-likeness (QED) is 0.106. The molecule has 3 amide bonds. The van der Waals surface area contributed by atoms with Gasteiger partial charge in [-0.1, -0.05) is 18.5 Å². The molecule has 1 aliphatic heterocycles. The molecule has 3 rings (SSSR count). The number of rotatable bonds is 11. The first-order valence-electron chi connectivity index (χ1n) is 12.2. The van der Waals surface area contributed by atoms with Crippen LogP contribution in [0.5, 0.6) is 0 Å². The van der Waals surface area contributed by atoms with Gasteiger partial charge in [0.15, 0.2) is 10.8 Å². The molecule has 204 valence electrons. The fourth-order valence-electron chi connectivity index (χ4n) is 3.45. The Hall–Kier alpha value is -3.26. The fraction of sp³-hybridized carbons (Fsp3) is 0.652. The second kappa shape index (κ2) is 11.9. The molecule has 37 heavy (non-hydrogen) atoms. The summed E-state index contributed by atoms with van der Waals surface area (Å²) >= 11 is 1.04. The molecule has 2 fully saturated rings. The van der Waals surface area contributed by atoms with E-state index in [9.17, 15) is 19.2 Å². The van der Waals surface area contributed by atoms with Gasteiger partial charge in [0.05, 0.1) is 12.6 Å². The van der Waals surface area contributed by atoms with E-state index in [4.69, 9.17) is 20.0 Å². The Labute approximate surface area is 218 Å². The molecular weight excluding hydrogens is 504 g/mol. The van der Waals surface area contributed by atoms with E-state index in [-0.39, 0.29) is 35.6 Å². The molecule has 0 unspecified atom stereocenters. The molecule has 1 saturated heterocycles. The first-order valence-corrected chi connectivity index (χ1v) is 13.1. The van der Waals surface area contributed by atoms with Gasteiger partial charge in [0.2, 0.25) is 11.5 Å². The van der Waals surface area contributed by atoms with Gasteiger partial charge < -0.3 is 30.7 Å². The van der Waals surface area contributed by atoms with Gasteiger partial charge in [-0.25, -0.2) is 14.6 Å². The first kappa shape index (κ1) is 28.3. The Kier molecular flexibility index (Phi) is 9.07. The van der Waals surface area contributed by atoms with Gasteiger partial charge in [-0.2, -0.15) is 0 Å². The topological polar surface area (TPSA) is 183 Å². The van der Waals surface area contributed by atoms with Crippen LogP contribution in [0, 0.1) is 0 Å². The predicted molar refractivity (Wildman–Crippen MR) is 135 cm³/mol. The summed E-state index contributed by atoms with van der Waals surface area (Å²) in [4.78, 5) is 59.8. The SMILES string of the molecule is CCCCOC(=O)C1(O/N=C(\C(=O)N[C@@H]2C(=O)N[C@@H]2CN)c2csc(NC(=O)OC(C)(C)C)n2)CCC1. The number of thiazole rings is 1. The number of nitrogens with zero attached hydrogens (tertiary/aromatic N) is 2. The highest BCUT2D eigenvalue weighted by Gasteiger charge is 2.49. The highest BCUT2D eigenvalue weighted by Crippen LogP contribution is 2.37. The second-order valence-corrected chi connectivity index (χ2v) is 10.7. The van der Waals surface area contributed by atoms with Crippen LogP contribution in [-0.4, -0.2) is 71.0 Å². The molecule has 1 aliphatic carbocycles. The van der Waals surface area contributed by atoms with Gasteiger partial charge in [-0.05, 0) is 33.6 Å². The predicted octanol–water partition coefficient (Wildman–Crippen LogP) is 1.42. The standard InChI is InChI=1S/C23H34N6O7S/c1-5-6-10-34-19(32)23(8-7-9-23)36-29-16(18(31)27-15-13(11-24)25-17(15)30)14-12-37-20(26-14)28-21(33)35-22(2,3)4/h12-13,15H,5-11,24H2,1-4H3,(H,25,30)(H,27,31)(H,26,28,33)/b29-16-/t13-,15+/m1/s1. The first-order chi connectivity index (χ1) is 17.5. The molecule has 0 bridgehead atoms. The Morgan fingerprint density at radius 2 is 2.05 bits per heavy atom. The second-order valence-electron chi connectivity index (χ2n) is 9.84. The highest BCUT2D eigenvalue weighted by molar-refractivity contribution is 7.14. The van der Waals surface area contributed by atoms with Crippen LogP contribution in [0.4, 0.5) is 9.93 Å². The molecule has 2 heterocycles. The van der Waals surface area contributed by atoms with Crippen LogP contribution in [-0.2, 0) is 28.7 Å². The van der Waals surface area contributed by atoms with Crippen LogP contribution >= 0.6 is 11.3 Å². The number of esters is 1. The van der Waals surface area contributed by atoms with Crippen molar-refractivity contribution >= 4 is 46.1 Å². The molecular formula is C23H34N6O7S. The normalized spacial score (nSPS) is 20.6. The van der Waals surface area contributed by atoms with Crippen molar-refractivity contribution in [1.29, 1.82) is 0 Å². The maximum absolute atomic E-state index is 13.2. The van der Waals surface area contributed by atoms with Crippen LogP contribution in [0.2, 0.25) is 0 Å². The number of oxime groups is 1. The number of ether oxygens (including phenoxy) is 2. The van der Waals surface area contributed by atoms with Crippen molar-refractivity contribution in [3.8, 4) is 0 Å². The third-order valence-electron chi connectivity index (χ3n) is 5.70. The lowest BCUT2D eigenvalue weighted by Crippen LogP contribution is -2.71. The Morgan fingerprint density at radius 1 is 1.32 bits per heavy atom. The van der Waals surface area contributed by atoms with Gasteiger partial charge in [-0.3, -0.25) is 14.9 Å². The summed E-state index contributed by atoms with van der Waals surface area (Å²) in [6.45, 7) is 7.55. The molecule has 0 aromatic carbocycles. The Balaban J connectivity index is 1.81. The van der Waals surface area contributed by atoms with Crippen molar-refractivity contribution in [1.82, 2.24) is 15.6 Å². The number of hydrogen-bond donors (Lipinski definition) is 4. The summed E-state index contributed by atoms with van der Waals surface area (Å²) in [5.74, 6) is -1.67. The van der Waals surface area contributed by atoms with Crippen molar-refractivity contribution in [2.24, 2.45) is 10.9 Å². The molecule has 14 heteroatoms. The van der Waals surface area contributed by atoms with Gasteiger partial charge in [0.1, 0.15) is 17.3 Å². The number of amides is 3. The number of nitrogens with two attached hydrogens (primary N) is 1. The van der Waals surface area contributed by atoms with E-state index < -0.39 is 41.3 Å². The summed E-state index contributed by atoms with van der Waals surface area (Å²) in [6, 6.07) is -1.28. The van der Waals surface area contributed by atoms with E-state index >= 15 is 0 Å². The number of aromatic nitrogens is 1. The summed E-state index contributed by atoms with van der Waals surface area (Å²) in [6.07, 6.45) is 2.38. The van der Waals surface area contributed by atoms with Gasteiger partial charge in [0, 0.05) is 24.8 Å². The molecule has 2 aliphatic rings. The molecule has 13 nitrogen and oxygen atoms in total. The lowest BCUT2D eigenvalue weighted by molar-refractivity contribution is -0.185. The largest absolute Gasteiger partial charge is 0.463 e. The van der Waals surface area contributed by atoms with Gasteiger partial charge >= 0.3 is 12.1 Å². The monoisotopic (exact) mass is 538 g/mol. The number of carbonyl (C=O) groups excluding carboxylic acids is 4. The van der Waals surface area contributed by atoms with Crippen LogP contribution in [0.3, 0.4) is 0 Å². The minimum atomic E-state index is -1.29. The van der Waals surface area contributed by atoms with Crippen molar-refractivity contribution in [3.05, 3.63) is 11.1 Å². The number of nitrogens with one attached hydrogen (secondary N) is 3. The van der Waals surface area contributed by atoms with Crippen molar-refractivity contribution < 1.29 is 33.5 Å². The average Bonchev–Trinajstić information content (AvgIpc) is 3.23. The minimum absolute atomic E-state index is 0.0754. The highest BCUT2D eigenvalue weighted by atomic mass is 32.1. The minimum Gasteiger partial charge on any atom is -0.463 e. The summed E-state index contributed by atoms with van der Waals surface area (Å²) in [5, 5.41) is 13.4. The molecule has 0 radical (unpaired) electrons. The summed E-state index contributed by atoms with van der Waals surface area (Å²) < 4.78 is 10.6.